The Morgan fingerprint density at radius 2 is 1.70 bits per heavy atom. The molecule has 1 aliphatic rings. The number of sulfonamides is 1. The van der Waals surface area contributed by atoms with E-state index in [9.17, 15) is 8.42 Å². The monoisotopic (exact) mass is 328 g/mol. The molecule has 1 heterocycles. The van der Waals surface area contributed by atoms with E-state index in [4.69, 9.17) is 5.73 Å². The van der Waals surface area contributed by atoms with Crippen LogP contribution >= 0.6 is 0 Å². The Balaban J connectivity index is 2.22. The van der Waals surface area contributed by atoms with E-state index >= 15 is 0 Å². The summed E-state index contributed by atoms with van der Waals surface area (Å²) in [5.74, 6) is 0. The minimum Gasteiger partial charge on any atom is -0.397 e. The first-order valence-electron chi connectivity index (χ1n) is 7.51. The van der Waals surface area contributed by atoms with Gasteiger partial charge in [-0.15, -0.1) is 0 Å². The second-order valence-electron chi connectivity index (χ2n) is 5.95. The third kappa shape index (κ3) is 2.51. The van der Waals surface area contributed by atoms with E-state index in [2.05, 4.69) is 0 Å². The van der Waals surface area contributed by atoms with E-state index in [0.717, 1.165) is 16.7 Å². The molecule has 2 aromatic carbocycles. The lowest BCUT2D eigenvalue weighted by atomic mass is 10.00. The van der Waals surface area contributed by atoms with E-state index in [0.29, 0.717) is 11.4 Å². The first kappa shape index (κ1) is 15.6. The van der Waals surface area contributed by atoms with Gasteiger partial charge in [0.1, 0.15) is 0 Å². The minimum atomic E-state index is -3.68. The maximum Gasteiger partial charge on any atom is 0.264 e. The molecule has 0 aromatic heterocycles. The molecular formula is C18H20N2O2S. The molecule has 1 aliphatic heterocycles. The topological polar surface area (TPSA) is 63.4 Å². The molecule has 120 valence electrons. The second-order valence-corrected chi connectivity index (χ2v) is 7.76. The number of nitrogens with zero attached hydrogens (tertiary/aromatic N) is 1. The molecule has 0 saturated carbocycles. The van der Waals surface area contributed by atoms with Gasteiger partial charge in [0.25, 0.3) is 10.0 Å². The molecule has 2 N–H and O–H groups in total. The van der Waals surface area contributed by atoms with Gasteiger partial charge in [-0.1, -0.05) is 35.9 Å². The summed E-state index contributed by atoms with van der Waals surface area (Å²) in [6.07, 6.45) is 3.84. The number of fused-ring (bicyclic) bond motifs is 1. The zero-order valence-corrected chi connectivity index (χ0v) is 14.3. The Morgan fingerprint density at radius 1 is 1.04 bits per heavy atom. The van der Waals surface area contributed by atoms with Crippen molar-refractivity contribution in [3.8, 4) is 0 Å². The summed E-state index contributed by atoms with van der Waals surface area (Å²) in [6, 6.07) is 10.3. The fourth-order valence-electron chi connectivity index (χ4n) is 2.86. The van der Waals surface area contributed by atoms with Gasteiger partial charge in [0.05, 0.1) is 22.3 Å². The highest BCUT2D eigenvalue weighted by molar-refractivity contribution is 7.92. The van der Waals surface area contributed by atoms with Crippen molar-refractivity contribution in [1.82, 2.24) is 0 Å². The van der Waals surface area contributed by atoms with Crippen molar-refractivity contribution in [1.29, 1.82) is 0 Å². The van der Waals surface area contributed by atoms with Crippen LogP contribution in [0.3, 0.4) is 0 Å². The molecule has 0 aliphatic carbocycles. The van der Waals surface area contributed by atoms with Crippen LogP contribution in [0.25, 0.3) is 6.08 Å². The van der Waals surface area contributed by atoms with Gasteiger partial charge in [0.2, 0.25) is 0 Å². The molecule has 0 radical (unpaired) electrons. The molecule has 2 aromatic rings. The highest BCUT2D eigenvalue weighted by Gasteiger charge is 2.33. The van der Waals surface area contributed by atoms with Gasteiger partial charge in [-0.3, -0.25) is 4.31 Å². The van der Waals surface area contributed by atoms with Gasteiger partial charge in [-0.2, -0.15) is 0 Å². The highest BCUT2D eigenvalue weighted by Crippen LogP contribution is 2.39. The minimum absolute atomic E-state index is 0.275. The molecule has 1 atom stereocenters. The van der Waals surface area contributed by atoms with Gasteiger partial charge in [0.15, 0.2) is 0 Å². The maximum absolute atomic E-state index is 13.2. The normalized spacial score (nSPS) is 17.2. The Kier molecular flexibility index (Phi) is 3.68. The van der Waals surface area contributed by atoms with Crippen LogP contribution in [0, 0.1) is 13.8 Å². The summed E-state index contributed by atoms with van der Waals surface area (Å²) in [5, 5.41) is 0. The molecule has 0 bridgehead atoms. The van der Waals surface area contributed by atoms with Crippen LogP contribution in [-0.4, -0.2) is 14.5 Å². The van der Waals surface area contributed by atoms with Crippen LogP contribution in [-0.2, 0) is 10.0 Å². The molecular weight excluding hydrogens is 308 g/mol. The number of nitrogen functional groups attached to an aromatic ring is 1. The standard InChI is InChI=1S/C18H20N2O2S/c1-12-4-8-15(9-5-12)23(21,22)20-14(3)7-10-16-13(2)6-11-17(19)18(16)20/h4-11,14H,19H2,1-3H3. The SMILES string of the molecule is Cc1ccc(S(=O)(=O)N2c3c(N)ccc(C)c3C=CC2C)cc1. The lowest BCUT2D eigenvalue weighted by Gasteiger charge is -2.34. The number of hydrogen-bond acceptors (Lipinski definition) is 3. The van der Waals surface area contributed by atoms with Gasteiger partial charge >= 0.3 is 0 Å². The van der Waals surface area contributed by atoms with E-state index < -0.39 is 10.0 Å². The Bertz CT molecular complexity index is 884. The summed E-state index contributed by atoms with van der Waals surface area (Å²) in [6.45, 7) is 5.74. The van der Waals surface area contributed by atoms with Crippen LogP contribution < -0.4 is 10.0 Å². The van der Waals surface area contributed by atoms with Crippen molar-refractivity contribution in [3.05, 3.63) is 59.2 Å². The lowest BCUT2D eigenvalue weighted by molar-refractivity contribution is 0.587. The van der Waals surface area contributed by atoms with Gasteiger partial charge in [0, 0.05) is 5.56 Å². The number of benzene rings is 2. The number of hydrogen-bond donors (Lipinski definition) is 1. The van der Waals surface area contributed by atoms with Crippen LogP contribution in [0.15, 0.2) is 47.4 Å². The van der Waals surface area contributed by atoms with Crippen LogP contribution in [0.4, 0.5) is 11.4 Å². The fraction of sp³-hybridized carbons (Fsp3) is 0.222. The van der Waals surface area contributed by atoms with E-state index in [1.54, 1.807) is 30.3 Å². The van der Waals surface area contributed by atoms with Crippen molar-refractivity contribution in [2.45, 2.75) is 31.7 Å². The van der Waals surface area contributed by atoms with Crippen LogP contribution in [0.5, 0.6) is 0 Å². The Hall–Kier alpha value is -2.27. The number of aryl methyl sites for hydroxylation is 2. The average Bonchev–Trinajstić information content (AvgIpc) is 2.51. The lowest BCUT2D eigenvalue weighted by Crippen LogP contribution is -2.40. The van der Waals surface area contributed by atoms with Gasteiger partial charge in [-0.25, -0.2) is 8.42 Å². The van der Waals surface area contributed by atoms with E-state index in [1.165, 1.54) is 4.31 Å². The molecule has 4 nitrogen and oxygen atoms in total. The molecule has 0 fully saturated rings. The smallest absolute Gasteiger partial charge is 0.264 e. The Labute approximate surface area is 137 Å². The predicted molar refractivity (Wildman–Crippen MR) is 94.9 cm³/mol. The molecule has 0 amide bonds. The summed E-state index contributed by atoms with van der Waals surface area (Å²) >= 11 is 0. The summed E-state index contributed by atoms with van der Waals surface area (Å²) in [7, 11) is -3.68. The largest absolute Gasteiger partial charge is 0.397 e. The first-order valence-corrected chi connectivity index (χ1v) is 8.95. The highest BCUT2D eigenvalue weighted by atomic mass is 32.2. The third-order valence-electron chi connectivity index (χ3n) is 4.18. The molecule has 1 unspecified atom stereocenters. The summed E-state index contributed by atoms with van der Waals surface area (Å²) < 4.78 is 27.8. The summed E-state index contributed by atoms with van der Waals surface area (Å²) in [4.78, 5) is 0.275. The van der Waals surface area contributed by atoms with Gasteiger partial charge in [-0.05, 0) is 44.5 Å². The number of nitrogens with two attached hydrogens (primary N) is 1. The fourth-order valence-corrected chi connectivity index (χ4v) is 4.52. The molecule has 3 rings (SSSR count). The van der Waals surface area contributed by atoms with Gasteiger partial charge < -0.3 is 5.73 Å². The average molecular weight is 328 g/mol. The zero-order valence-electron chi connectivity index (χ0n) is 13.4. The van der Waals surface area contributed by atoms with Crippen molar-refractivity contribution in [2.24, 2.45) is 0 Å². The Morgan fingerprint density at radius 3 is 2.35 bits per heavy atom. The first-order chi connectivity index (χ1) is 10.8. The van der Waals surface area contributed by atoms with E-state index in [1.807, 2.05) is 39.0 Å². The quantitative estimate of drug-likeness (QED) is 0.858. The zero-order chi connectivity index (χ0) is 16.8. The molecule has 0 spiro atoms. The summed E-state index contributed by atoms with van der Waals surface area (Å²) in [5.41, 5.74) is 10.0. The van der Waals surface area contributed by atoms with Crippen LogP contribution in [0.2, 0.25) is 0 Å². The van der Waals surface area contributed by atoms with Crippen molar-refractivity contribution >= 4 is 27.5 Å². The number of rotatable bonds is 2. The second kappa shape index (κ2) is 5.42. The molecule has 23 heavy (non-hydrogen) atoms. The van der Waals surface area contributed by atoms with Crippen molar-refractivity contribution in [3.63, 3.8) is 0 Å². The maximum atomic E-state index is 13.2. The van der Waals surface area contributed by atoms with Crippen LogP contribution in [0.1, 0.15) is 23.6 Å². The third-order valence-corrected chi connectivity index (χ3v) is 6.08. The molecule has 5 heteroatoms. The predicted octanol–water partition coefficient (Wildman–Crippen LogP) is 3.50. The van der Waals surface area contributed by atoms with E-state index in [-0.39, 0.29) is 10.9 Å². The van der Waals surface area contributed by atoms with Crippen molar-refractivity contribution in [2.75, 3.05) is 10.0 Å². The van der Waals surface area contributed by atoms with Crippen molar-refractivity contribution < 1.29 is 8.42 Å². The molecule has 0 saturated heterocycles. The number of anilines is 2.